The summed E-state index contributed by atoms with van der Waals surface area (Å²) in [6.45, 7) is 7.24. The van der Waals surface area contributed by atoms with Crippen LogP contribution in [0.5, 0.6) is 0 Å². The molecule has 6 heteroatoms. The first-order chi connectivity index (χ1) is 9.47. The van der Waals surface area contributed by atoms with E-state index in [0.717, 1.165) is 23.9 Å². The van der Waals surface area contributed by atoms with E-state index in [2.05, 4.69) is 0 Å². The van der Waals surface area contributed by atoms with Crippen molar-refractivity contribution in [1.29, 1.82) is 0 Å². The lowest BCUT2D eigenvalue weighted by Crippen LogP contribution is -2.16. The maximum atomic E-state index is 13.2. The highest BCUT2D eigenvalue weighted by Gasteiger charge is 2.36. The van der Waals surface area contributed by atoms with Gasteiger partial charge < -0.3 is 5.11 Å². The normalized spacial score (nSPS) is 12.5. The number of carboxylic acid groups (broad SMARTS) is 1. The van der Waals surface area contributed by atoms with Gasteiger partial charge in [-0.25, -0.2) is 4.79 Å². The summed E-state index contributed by atoms with van der Waals surface area (Å²) >= 11 is 1.07. The summed E-state index contributed by atoms with van der Waals surface area (Å²) in [5.41, 5.74) is -0.521. The average molecular weight is 320 g/mol. The van der Waals surface area contributed by atoms with E-state index in [4.69, 9.17) is 0 Å². The molecule has 0 spiro atoms. The summed E-state index contributed by atoms with van der Waals surface area (Å²) in [7, 11) is 0. The van der Waals surface area contributed by atoms with Gasteiger partial charge in [-0.2, -0.15) is 13.2 Å². The molecule has 0 saturated heterocycles. The van der Waals surface area contributed by atoms with Crippen LogP contribution in [0, 0.1) is 0 Å². The quantitative estimate of drug-likeness (QED) is 0.770. The standard InChI is InChI=1S/C15H19F3O2S/c1-5-6-9-10(13(19)20)7-8-11(15(16,17)18)12(9)21-14(2,3)4/h7-8H,5-6H2,1-4H3,(H,19,20). The van der Waals surface area contributed by atoms with Crippen molar-refractivity contribution in [2.45, 2.75) is 56.4 Å². The Morgan fingerprint density at radius 1 is 1.24 bits per heavy atom. The number of rotatable bonds is 4. The number of carboxylic acids is 1. The van der Waals surface area contributed by atoms with Crippen LogP contribution in [0.25, 0.3) is 0 Å². The minimum atomic E-state index is -4.49. The van der Waals surface area contributed by atoms with Gasteiger partial charge in [-0.3, -0.25) is 0 Å². The molecule has 2 nitrogen and oxygen atoms in total. The fraction of sp³-hybridized carbons (Fsp3) is 0.533. The molecule has 0 fully saturated rings. The predicted molar refractivity (Wildman–Crippen MR) is 78.0 cm³/mol. The van der Waals surface area contributed by atoms with Crippen LogP contribution in [0.4, 0.5) is 13.2 Å². The molecule has 118 valence electrons. The molecule has 0 aromatic heterocycles. The predicted octanol–water partition coefficient (Wildman–Crippen LogP) is 5.25. The van der Waals surface area contributed by atoms with Gasteiger partial charge in [-0.05, 0) is 24.1 Å². The highest BCUT2D eigenvalue weighted by atomic mass is 32.2. The van der Waals surface area contributed by atoms with Crippen LogP contribution >= 0.6 is 11.8 Å². The number of halogens is 3. The van der Waals surface area contributed by atoms with Crippen LogP contribution in [0.1, 0.15) is 55.6 Å². The van der Waals surface area contributed by atoms with Gasteiger partial charge in [0.25, 0.3) is 0 Å². The lowest BCUT2D eigenvalue weighted by atomic mass is 9.99. The van der Waals surface area contributed by atoms with Gasteiger partial charge >= 0.3 is 12.1 Å². The third kappa shape index (κ3) is 4.66. The van der Waals surface area contributed by atoms with Gasteiger partial charge in [0.2, 0.25) is 0 Å². The fourth-order valence-corrected chi connectivity index (χ4v) is 3.21. The van der Waals surface area contributed by atoms with Gasteiger partial charge in [0.15, 0.2) is 0 Å². The molecule has 0 aliphatic carbocycles. The van der Waals surface area contributed by atoms with Crippen LogP contribution in [0.2, 0.25) is 0 Å². The molecule has 0 atom stereocenters. The molecule has 0 aliphatic rings. The Bertz CT molecular complexity index is 531. The number of aromatic carboxylic acids is 1. The highest BCUT2D eigenvalue weighted by molar-refractivity contribution is 8.00. The summed E-state index contributed by atoms with van der Waals surface area (Å²) in [6.07, 6.45) is -3.60. The van der Waals surface area contributed by atoms with E-state index in [9.17, 15) is 23.1 Å². The van der Waals surface area contributed by atoms with E-state index >= 15 is 0 Å². The molecule has 1 aromatic carbocycles. The van der Waals surface area contributed by atoms with Crippen LogP contribution in [0.3, 0.4) is 0 Å². The van der Waals surface area contributed by atoms with E-state index in [1.54, 1.807) is 20.8 Å². The van der Waals surface area contributed by atoms with Crippen molar-refractivity contribution < 1.29 is 23.1 Å². The van der Waals surface area contributed by atoms with E-state index in [1.807, 2.05) is 6.92 Å². The van der Waals surface area contributed by atoms with E-state index in [0.29, 0.717) is 12.8 Å². The summed E-state index contributed by atoms with van der Waals surface area (Å²) in [6, 6.07) is 1.93. The molecule has 1 rings (SSSR count). The summed E-state index contributed by atoms with van der Waals surface area (Å²) in [5, 5.41) is 9.22. The molecular weight excluding hydrogens is 301 g/mol. The zero-order valence-corrected chi connectivity index (χ0v) is 13.3. The number of thioether (sulfide) groups is 1. The second-order valence-corrected chi connectivity index (χ2v) is 7.57. The molecule has 21 heavy (non-hydrogen) atoms. The summed E-state index contributed by atoms with van der Waals surface area (Å²) < 4.78 is 39.2. The lowest BCUT2D eigenvalue weighted by molar-refractivity contribution is -0.139. The largest absolute Gasteiger partial charge is 0.478 e. The lowest BCUT2D eigenvalue weighted by Gasteiger charge is -2.24. The molecule has 1 aromatic rings. The molecule has 0 unspecified atom stereocenters. The monoisotopic (exact) mass is 320 g/mol. The molecule has 0 heterocycles. The fourth-order valence-electron chi connectivity index (χ4n) is 1.97. The maximum Gasteiger partial charge on any atom is 0.417 e. The SMILES string of the molecule is CCCc1c(C(=O)O)ccc(C(F)(F)F)c1SC(C)(C)C. The van der Waals surface area contributed by atoms with Crippen molar-refractivity contribution >= 4 is 17.7 Å². The van der Waals surface area contributed by atoms with Crippen LogP contribution in [-0.4, -0.2) is 15.8 Å². The number of hydrogen-bond donors (Lipinski definition) is 1. The first-order valence-corrected chi connectivity index (χ1v) is 7.44. The first kappa shape index (κ1) is 17.9. The Morgan fingerprint density at radius 3 is 2.19 bits per heavy atom. The van der Waals surface area contributed by atoms with Crippen LogP contribution in [-0.2, 0) is 12.6 Å². The Hall–Kier alpha value is -1.17. The Kier molecular flexibility index (Phi) is 5.36. The van der Waals surface area contributed by atoms with Gasteiger partial charge in [-0.1, -0.05) is 34.1 Å². The minimum absolute atomic E-state index is 0.0387. The molecule has 0 aliphatic heterocycles. The van der Waals surface area contributed by atoms with Crippen LogP contribution in [0.15, 0.2) is 17.0 Å². The number of alkyl halides is 3. The van der Waals surface area contributed by atoms with E-state index in [-0.39, 0.29) is 16.0 Å². The second-order valence-electron chi connectivity index (χ2n) is 5.74. The van der Waals surface area contributed by atoms with Gasteiger partial charge in [0, 0.05) is 9.64 Å². The minimum Gasteiger partial charge on any atom is -0.478 e. The maximum absolute atomic E-state index is 13.2. The molecule has 0 amide bonds. The van der Waals surface area contributed by atoms with Gasteiger partial charge in [0.1, 0.15) is 0 Å². The molecule has 0 radical (unpaired) electrons. The van der Waals surface area contributed by atoms with Crippen molar-refractivity contribution in [3.8, 4) is 0 Å². The van der Waals surface area contributed by atoms with Crippen molar-refractivity contribution in [3.05, 3.63) is 28.8 Å². The summed E-state index contributed by atoms with van der Waals surface area (Å²) in [5.74, 6) is -1.19. The smallest absolute Gasteiger partial charge is 0.417 e. The van der Waals surface area contributed by atoms with Gasteiger partial charge in [-0.15, -0.1) is 11.8 Å². The van der Waals surface area contributed by atoms with Crippen molar-refractivity contribution in [2.75, 3.05) is 0 Å². The highest BCUT2D eigenvalue weighted by Crippen LogP contribution is 2.44. The third-order valence-corrected chi connectivity index (χ3v) is 3.99. The molecule has 1 N–H and O–H groups in total. The zero-order chi connectivity index (χ0) is 16.4. The van der Waals surface area contributed by atoms with Crippen LogP contribution < -0.4 is 0 Å². The Morgan fingerprint density at radius 2 is 1.81 bits per heavy atom. The number of carbonyl (C=O) groups is 1. The Labute approximate surface area is 126 Å². The zero-order valence-electron chi connectivity index (χ0n) is 12.5. The molecule has 0 bridgehead atoms. The molecular formula is C15H19F3O2S. The number of benzene rings is 1. The Balaban J connectivity index is 3.62. The van der Waals surface area contributed by atoms with E-state index in [1.165, 1.54) is 0 Å². The number of hydrogen-bond acceptors (Lipinski definition) is 2. The van der Waals surface area contributed by atoms with Crippen molar-refractivity contribution in [1.82, 2.24) is 0 Å². The second kappa shape index (κ2) is 6.30. The van der Waals surface area contributed by atoms with Crippen molar-refractivity contribution in [3.63, 3.8) is 0 Å². The first-order valence-electron chi connectivity index (χ1n) is 6.62. The van der Waals surface area contributed by atoms with Gasteiger partial charge in [0.05, 0.1) is 11.1 Å². The van der Waals surface area contributed by atoms with Crippen molar-refractivity contribution in [2.24, 2.45) is 0 Å². The van der Waals surface area contributed by atoms with E-state index < -0.39 is 22.5 Å². The molecule has 0 saturated carbocycles. The third-order valence-electron chi connectivity index (χ3n) is 2.70. The average Bonchev–Trinajstić information content (AvgIpc) is 2.27. The topological polar surface area (TPSA) is 37.3 Å². The summed E-state index contributed by atoms with van der Waals surface area (Å²) in [4.78, 5) is 11.3.